The molecule has 0 aliphatic carbocycles. The van der Waals surface area contributed by atoms with Gasteiger partial charge >= 0.3 is 0 Å². The Labute approximate surface area is 173 Å². The van der Waals surface area contributed by atoms with Gasteiger partial charge in [-0.15, -0.1) is 0 Å². The van der Waals surface area contributed by atoms with Crippen molar-refractivity contribution >= 4 is 69.6 Å². The molecule has 0 N–H and O–H groups in total. The fourth-order valence-electron chi connectivity index (χ4n) is 2.52. The van der Waals surface area contributed by atoms with E-state index in [9.17, 15) is 0 Å². The smallest absolute Gasteiger partial charge is 0.0645 e. The topological polar surface area (TPSA) is 38.7 Å². The van der Waals surface area contributed by atoms with Crippen LogP contribution in [-0.4, -0.2) is 15.0 Å². The quantitative estimate of drug-likeness (QED) is 0.429. The first-order valence-electron chi connectivity index (χ1n) is 6.78. The van der Waals surface area contributed by atoms with Crippen LogP contribution < -0.4 is 0 Å². The summed E-state index contributed by atoms with van der Waals surface area (Å²) in [7, 11) is 0. The van der Waals surface area contributed by atoms with Crippen LogP contribution >= 0.6 is 69.6 Å². The number of hydrogen-bond acceptors (Lipinski definition) is 3. The molecular formula is C16H7Cl6N3. The summed E-state index contributed by atoms with van der Waals surface area (Å²) in [6.45, 7) is 0. The van der Waals surface area contributed by atoms with E-state index in [1.165, 1.54) is 37.2 Å². The molecule has 0 unspecified atom stereocenters. The van der Waals surface area contributed by atoms with Crippen LogP contribution in [0.3, 0.4) is 0 Å². The van der Waals surface area contributed by atoms with E-state index in [0.717, 1.165) is 0 Å². The zero-order valence-corrected chi connectivity index (χ0v) is 16.7. The van der Waals surface area contributed by atoms with Gasteiger partial charge in [0.1, 0.15) is 0 Å². The summed E-state index contributed by atoms with van der Waals surface area (Å²) in [6, 6.07) is 0. The molecule has 0 atom stereocenters. The monoisotopic (exact) mass is 451 g/mol. The lowest BCUT2D eigenvalue weighted by molar-refractivity contribution is 0.960. The summed E-state index contributed by atoms with van der Waals surface area (Å²) in [4.78, 5) is 12.0. The second-order valence-corrected chi connectivity index (χ2v) is 7.43. The molecule has 3 aromatic heterocycles. The number of nitrogens with zero attached hydrogens (tertiary/aromatic N) is 3. The molecule has 0 aliphatic rings. The average molecular weight is 454 g/mol. The summed E-state index contributed by atoms with van der Waals surface area (Å²) in [6.07, 6.45) is 8.84. The standard InChI is InChI=1S/C16H7Cl6N3/c17-7-1-23-2-8(18)13(7)16(14-9(19)3-24-4-10(14)20)15-11(21)5-25-6-12(15)22/h1-6,16H. The second-order valence-electron chi connectivity index (χ2n) is 4.98. The molecule has 0 fully saturated rings. The van der Waals surface area contributed by atoms with Gasteiger partial charge in [0.05, 0.1) is 30.1 Å². The minimum Gasteiger partial charge on any atom is -0.262 e. The maximum Gasteiger partial charge on any atom is 0.0645 e. The Morgan fingerprint density at radius 3 is 0.840 bits per heavy atom. The second kappa shape index (κ2) is 7.83. The fraction of sp³-hybridized carbons (Fsp3) is 0.0625. The van der Waals surface area contributed by atoms with Crippen LogP contribution in [0.2, 0.25) is 30.1 Å². The van der Waals surface area contributed by atoms with E-state index in [2.05, 4.69) is 15.0 Å². The van der Waals surface area contributed by atoms with Crippen LogP contribution in [0, 0.1) is 0 Å². The molecule has 9 heteroatoms. The van der Waals surface area contributed by atoms with E-state index < -0.39 is 5.92 Å². The Balaban J connectivity index is 2.42. The first-order chi connectivity index (χ1) is 11.9. The van der Waals surface area contributed by atoms with Crippen LogP contribution in [0.1, 0.15) is 22.6 Å². The van der Waals surface area contributed by atoms with Gasteiger partial charge < -0.3 is 0 Å². The van der Waals surface area contributed by atoms with E-state index in [1.54, 1.807) is 0 Å². The van der Waals surface area contributed by atoms with Gasteiger partial charge in [0.25, 0.3) is 0 Å². The van der Waals surface area contributed by atoms with E-state index >= 15 is 0 Å². The predicted octanol–water partition coefficient (Wildman–Crippen LogP) is 6.97. The normalized spacial score (nSPS) is 11.2. The molecular weight excluding hydrogens is 447 g/mol. The van der Waals surface area contributed by atoms with Gasteiger partial charge in [-0.05, 0) is 0 Å². The molecule has 3 rings (SSSR count). The molecule has 0 bridgehead atoms. The molecule has 0 radical (unpaired) electrons. The minimum absolute atomic E-state index is 0.324. The molecule has 0 aliphatic heterocycles. The van der Waals surface area contributed by atoms with Crippen molar-refractivity contribution in [2.75, 3.05) is 0 Å². The molecule has 128 valence electrons. The van der Waals surface area contributed by atoms with Crippen molar-refractivity contribution < 1.29 is 0 Å². The number of halogens is 6. The Hall–Kier alpha value is -0.810. The minimum atomic E-state index is -0.631. The van der Waals surface area contributed by atoms with Crippen LogP contribution in [-0.2, 0) is 0 Å². The third-order valence-electron chi connectivity index (χ3n) is 3.54. The van der Waals surface area contributed by atoms with Crippen LogP contribution in [0.25, 0.3) is 0 Å². The first-order valence-corrected chi connectivity index (χ1v) is 9.05. The van der Waals surface area contributed by atoms with Crippen molar-refractivity contribution in [3.8, 4) is 0 Å². The maximum atomic E-state index is 6.38. The summed E-state index contributed by atoms with van der Waals surface area (Å²) >= 11 is 38.3. The van der Waals surface area contributed by atoms with E-state index in [0.29, 0.717) is 46.8 Å². The molecule has 3 aromatic rings. The number of aromatic nitrogens is 3. The lowest BCUT2D eigenvalue weighted by Crippen LogP contribution is -2.09. The molecule has 25 heavy (non-hydrogen) atoms. The highest BCUT2D eigenvalue weighted by molar-refractivity contribution is 6.39. The summed E-state index contributed by atoms with van der Waals surface area (Å²) in [5, 5.41) is 1.95. The van der Waals surface area contributed by atoms with Crippen LogP contribution in [0.15, 0.2) is 37.2 Å². The Morgan fingerprint density at radius 2 is 0.640 bits per heavy atom. The highest BCUT2D eigenvalue weighted by Gasteiger charge is 2.30. The van der Waals surface area contributed by atoms with Gasteiger partial charge in [-0.2, -0.15) is 0 Å². The van der Waals surface area contributed by atoms with Crippen molar-refractivity contribution in [3.05, 3.63) is 84.0 Å². The van der Waals surface area contributed by atoms with Crippen molar-refractivity contribution in [2.45, 2.75) is 5.92 Å². The lowest BCUT2D eigenvalue weighted by Gasteiger charge is -2.24. The predicted molar refractivity (Wildman–Crippen MR) is 104 cm³/mol. The largest absolute Gasteiger partial charge is 0.262 e. The molecule has 3 nitrogen and oxygen atoms in total. The van der Waals surface area contributed by atoms with E-state index in [-0.39, 0.29) is 0 Å². The van der Waals surface area contributed by atoms with Crippen LogP contribution in [0.5, 0.6) is 0 Å². The van der Waals surface area contributed by atoms with E-state index in [4.69, 9.17) is 69.6 Å². The third kappa shape index (κ3) is 3.68. The van der Waals surface area contributed by atoms with Crippen molar-refractivity contribution in [3.63, 3.8) is 0 Å². The van der Waals surface area contributed by atoms with Crippen LogP contribution in [0.4, 0.5) is 0 Å². The van der Waals surface area contributed by atoms with Crippen molar-refractivity contribution in [2.24, 2.45) is 0 Å². The first kappa shape index (κ1) is 19.0. The molecule has 0 aromatic carbocycles. The van der Waals surface area contributed by atoms with Gasteiger partial charge in [0, 0.05) is 59.8 Å². The SMILES string of the molecule is Clc1cncc(Cl)c1C(c1c(Cl)cncc1Cl)c1c(Cl)cncc1Cl. The van der Waals surface area contributed by atoms with Gasteiger partial charge in [-0.3, -0.25) is 15.0 Å². The summed E-state index contributed by atoms with van der Waals surface area (Å²) in [5.74, 6) is -0.631. The molecule has 0 amide bonds. The lowest BCUT2D eigenvalue weighted by atomic mass is 9.86. The number of rotatable bonds is 3. The van der Waals surface area contributed by atoms with E-state index in [1.807, 2.05) is 0 Å². The highest BCUT2D eigenvalue weighted by atomic mass is 35.5. The highest BCUT2D eigenvalue weighted by Crippen LogP contribution is 2.47. The maximum absolute atomic E-state index is 6.38. The molecule has 3 heterocycles. The number of hydrogen-bond donors (Lipinski definition) is 0. The summed E-state index contributed by atoms with van der Waals surface area (Å²) < 4.78 is 0. The average Bonchev–Trinajstić information content (AvgIpc) is 2.53. The van der Waals surface area contributed by atoms with Gasteiger partial charge in [0.2, 0.25) is 0 Å². The molecule has 0 spiro atoms. The Kier molecular flexibility index (Phi) is 5.94. The fourth-order valence-corrected chi connectivity index (χ4v) is 4.27. The van der Waals surface area contributed by atoms with Gasteiger partial charge in [0.15, 0.2) is 0 Å². The van der Waals surface area contributed by atoms with Crippen molar-refractivity contribution in [1.82, 2.24) is 15.0 Å². The Morgan fingerprint density at radius 1 is 0.440 bits per heavy atom. The third-order valence-corrected chi connectivity index (χ3v) is 5.34. The van der Waals surface area contributed by atoms with Crippen molar-refractivity contribution in [1.29, 1.82) is 0 Å². The number of pyridine rings is 3. The zero-order chi connectivity index (χ0) is 18.1. The molecule has 0 saturated carbocycles. The van der Waals surface area contributed by atoms with Gasteiger partial charge in [-0.25, -0.2) is 0 Å². The van der Waals surface area contributed by atoms with Gasteiger partial charge in [-0.1, -0.05) is 69.6 Å². The Bertz CT molecular complexity index is 764. The molecule has 0 saturated heterocycles. The summed E-state index contributed by atoms with van der Waals surface area (Å²) in [5.41, 5.74) is 1.59. The zero-order valence-electron chi connectivity index (χ0n) is 12.2.